The second-order valence-electron chi connectivity index (χ2n) is 6.49. The number of nitrogens with zero attached hydrogens (tertiary/aromatic N) is 4. The van der Waals surface area contributed by atoms with E-state index in [1.54, 1.807) is 10.7 Å². The first-order valence-electron chi connectivity index (χ1n) is 9.28. The second-order valence-corrected chi connectivity index (χ2v) is 7.43. The Labute approximate surface area is 178 Å². The summed E-state index contributed by atoms with van der Waals surface area (Å²) in [6, 6.07) is 24.6. The third-order valence-corrected chi connectivity index (χ3v) is 5.07. The van der Waals surface area contributed by atoms with E-state index in [2.05, 4.69) is 20.8 Å². The number of aryl methyl sites for hydroxylation is 1. The van der Waals surface area contributed by atoms with E-state index >= 15 is 0 Å². The van der Waals surface area contributed by atoms with Gasteiger partial charge < -0.3 is 10.1 Å². The largest absolute Gasteiger partial charge is 0.457 e. The third-order valence-electron chi connectivity index (χ3n) is 4.15. The van der Waals surface area contributed by atoms with Gasteiger partial charge in [0.05, 0.1) is 11.4 Å². The Morgan fingerprint density at radius 1 is 1.00 bits per heavy atom. The fourth-order valence-corrected chi connectivity index (χ4v) is 3.40. The summed E-state index contributed by atoms with van der Waals surface area (Å²) in [5.41, 5.74) is 2.66. The predicted molar refractivity (Wildman–Crippen MR) is 116 cm³/mol. The smallest absolute Gasteiger partial charge is 0.234 e. The molecule has 8 heteroatoms. The molecule has 1 heterocycles. The van der Waals surface area contributed by atoms with E-state index in [1.165, 1.54) is 11.8 Å². The predicted octanol–water partition coefficient (Wildman–Crippen LogP) is 4.49. The highest BCUT2D eigenvalue weighted by Crippen LogP contribution is 2.24. The van der Waals surface area contributed by atoms with E-state index in [9.17, 15) is 4.79 Å². The molecule has 4 aromatic rings. The van der Waals surface area contributed by atoms with Gasteiger partial charge >= 0.3 is 0 Å². The number of carbonyl (C=O) groups excluding carboxylic acids is 1. The Kier molecular flexibility index (Phi) is 6.05. The van der Waals surface area contributed by atoms with Crippen molar-refractivity contribution in [1.29, 1.82) is 0 Å². The highest BCUT2D eigenvalue weighted by Gasteiger charge is 2.12. The Hall–Kier alpha value is -3.65. The van der Waals surface area contributed by atoms with Gasteiger partial charge in [-0.15, -0.1) is 5.10 Å². The monoisotopic (exact) mass is 417 g/mol. The number of thioether (sulfide) groups is 1. The summed E-state index contributed by atoms with van der Waals surface area (Å²) in [4.78, 5) is 12.4. The van der Waals surface area contributed by atoms with Crippen molar-refractivity contribution in [3.05, 3.63) is 84.4 Å². The van der Waals surface area contributed by atoms with Gasteiger partial charge in [0.1, 0.15) is 11.5 Å². The van der Waals surface area contributed by atoms with Crippen molar-refractivity contribution in [3.63, 3.8) is 0 Å². The quantitative estimate of drug-likeness (QED) is 0.446. The molecule has 0 atom stereocenters. The summed E-state index contributed by atoms with van der Waals surface area (Å²) in [6.45, 7) is 2.02. The molecule has 1 N–H and O–H groups in total. The van der Waals surface area contributed by atoms with Crippen LogP contribution in [-0.4, -0.2) is 31.9 Å². The number of nitrogens with one attached hydrogen (secondary N) is 1. The minimum Gasteiger partial charge on any atom is -0.457 e. The van der Waals surface area contributed by atoms with E-state index < -0.39 is 0 Å². The summed E-state index contributed by atoms with van der Waals surface area (Å²) >= 11 is 1.27. The van der Waals surface area contributed by atoms with Crippen LogP contribution in [0, 0.1) is 6.92 Å². The first-order chi connectivity index (χ1) is 14.7. The fourth-order valence-electron chi connectivity index (χ4n) is 2.71. The number of amides is 1. The number of anilines is 1. The maximum Gasteiger partial charge on any atom is 0.234 e. The van der Waals surface area contributed by atoms with Crippen LogP contribution >= 0.6 is 11.8 Å². The normalized spacial score (nSPS) is 10.6. The highest BCUT2D eigenvalue weighted by molar-refractivity contribution is 7.99. The van der Waals surface area contributed by atoms with Crippen molar-refractivity contribution in [2.75, 3.05) is 11.1 Å². The van der Waals surface area contributed by atoms with Crippen LogP contribution in [0.2, 0.25) is 0 Å². The molecule has 30 heavy (non-hydrogen) atoms. The molecule has 0 radical (unpaired) electrons. The van der Waals surface area contributed by atoms with Crippen molar-refractivity contribution in [1.82, 2.24) is 20.2 Å². The summed E-state index contributed by atoms with van der Waals surface area (Å²) in [6.07, 6.45) is 0. The maximum atomic E-state index is 12.4. The summed E-state index contributed by atoms with van der Waals surface area (Å²) in [5, 5.41) is 15.2. The first-order valence-corrected chi connectivity index (χ1v) is 10.3. The molecule has 0 fully saturated rings. The third kappa shape index (κ3) is 5.03. The molecule has 0 spiro atoms. The van der Waals surface area contributed by atoms with Crippen LogP contribution in [0.15, 0.2) is 84.0 Å². The molecule has 0 aliphatic carbocycles. The molecule has 0 aliphatic heterocycles. The van der Waals surface area contributed by atoms with Crippen molar-refractivity contribution >= 4 is 23.4 Å². The van der Waals surface area contributed by atoms with Gasteiger partial charge in [-0.05, 0) is 53.7 Å². The number of tetrazole rings is 1. The van der Waals surface area contributed by atoms with Crippen molar-refractivity contribution in [3.8, 4) is 17.2 Å². The van der Waals surface area contributed by atoms with Crippen LogP contribution in [0.1, 0.15) is 5.56 Å². The number of rotatable bonds is 7. The number of para-hydroxylation sites is 1. The summed E-state index contributed by atoms with van der Waals surface area (Å²) in [7, 11) is 0. The van der Waals surface area contributed by atoms with Crippen molar-refractivity contribution in [2.45, 2.75) is 12.1 Å². The van der Waals surface area contributed by atoms with Crippen LogP contribution in [0.3, 0.4) is 0 Å². The number of hydrogen-bond donors (Lipinski definition) is 1. The Morgan fingerprint density at radius 2 is 1.77 bits per heavy atom. The van der Waals surface area contributed by atoms with E-state index in [-0.39, 0.29) is 11.7 Å². The zero-order valence-corrected chi connectivity index (χ0v) is 17.0. The van der Waals surface area contributed by atoms with Crippen LogP contribution < -0.4 is 10.1 Å². The molecule has 1 amide bonds. The van der Waals surface area contributed by atoms with Gasteiger partial charge in [-0.25, -0.2) is 0 Å². The maximum absolute atomic E-state index is 12.4. The van der Waals surface area contributed by atoms with Crippen LogP contribution in [0.25, 0.3) is 5.69 Å². The number of carbonyl (C=O) groups is 1. The molecule has 3 aromatic carbocycles. The zero-order valence-electron chi connectivity index (χ0n) is 16.2. The molecular formula is C22H19N5O2S. The van der Waals surface area contributed by atoms with Crippen LogP contribution in [0.5, 0.6) is 11.5 Å². The van der Waals surface area contributed by atoms with E-state index in [4.69, 9.17) is 4.74 Å². The van der Waals surface area contributed by atoms with Crippen LogP contribution in [-0.2, 0) is 4.79 Å². The molecular weight excluding hydrogens is 398 g/mol. The van der Waals surface area contributed by atoms with Gasteiger partial charge in [0, 0.05) is 11.8 Å². The Morgan fingerprint density at radius 3 is 2.57 bits per heavy atom. The number of benzene rings is 3. The molecule has 0 unspecified atom stereocenters. The van der Waals surface area contributed by atoms with Crippen molar-refractivity contribution < 1.29 is 9.53 Å². The van der Waals surface area contributed by atoms with Gasteiger partial charge in [-0.3, -0.25) is 4.79 Å². The average Bonchev–Trinajstić information content (AvgIpc) is 3.22. The average molecular weight is 417 g/mol. The molecule has 7 nitrogen and oxygen atoms in total. The summed E-state index contributed by atoms with van der Waals surface area (Å²) < 4.78 is 7.42. The fraction of sp³-hybridized carbons (Fsp3) is 0.0909. The first kappa shape index (κ1) is 19.7. The van der Waals surface area contributed by atoms with Gasteiger partial charge in [-0.2, -0.15) is 4.68 Å². The van der Waals surface area contributed by atoms with Crippen LogP contribution in [0.4, 0.5) is 5.69 Å². The molecule has 4 rings (SSSR count). The lowest BCUT2D eigenvalue weighted by atomic mass is 10.2. The highest BCUT2D eigenvalue weighted by atomic mass is 32.2. The Bertz CT molecular complexity index is 1130. The minimum atomic E-state index is -0.157. The number of hydrogen-bond acceptors (Lipinski definition) is 6. The number of aromatic nitrogens is 4. The van der Waals surface area contributed by atoms with Gasteiger partial charge in [0.25, 0.3) is 0 Å². The van der Waals surface area contributed by atoms with Crippen molar-refractivity contribution in [2.24, 2.45) is 0 Å². The zero-order chi connectivity index (χ0) is 20.8. The molecule has 0 saturated carbocycles. The van der Waals surface area contributed by atoms with E-state index in [1.807, 2.05) is 79.7 Å². The lowest BCUT2D eigenvalue weighted by Crippen LogP contribution is -2.14. The molecule has 0 aliphatic rings. The van der Waals surface area contributed by atoms with Gasteiger partial charge in [-0.1, -0.05) is 53.7 Å². The molecule has 0 bridgehead atoms. The van der Waals surface area contributed by atoms with E-state index in [0.29, 0.717) is 16.6 Å². The summed E-state index contributed by atoms with van der Waals surface area (Å²) in [5.74, 6) is 1.40. The Balaban J connectivity index is 1.36. The lowest BCUT2D eigenvalue weighted by molar-refractivity contribution is -0.113. The SMILES string of the molecule is Cc1ccc(-n2nnnc2SCC(=O)Nc2cccc(Oc3ccccc3)c2)cc1. The lowest BCUT2D eigenvalue weighted by Gasteiger charge is -2.09. The number of ether oxygens (including phenoxy) is 1. The minimum absolute atomic E-state index is 0.157. The van der Waals surface area contributed by atoms with E-state index in [0.717, 1.165) is 17.0 Å². The molecule has 0 saturated heterocycles. The van der Waals surface area contributed by atoms with Gasteiger partial charge in [0.2, 0.25) is 11.1 Å². The van der Waals surface area contributed by atoms with Gasteiger partial charge in [0.15, 0.2) is 0 Å². The topological polar surface area (TPSA) is 81.9 Å². The molecule has 150 valence electrons. The second kappa shape index (κ2) is 9.23. The standard InChI is InChI=1S/C22H19N5O2S/c1-16-10-12-18(13-11-16)27-22(24-25-26-27)30-15-21(28)23-17-6-5-9-20(14-17)29-19-7-3-2-4-8-19/h2-14H,15H2,1H3,(H,23,28). The molecule has 1 aromatic heterocycles.